The quantitative estimate of drug-likeness (QED) is 0.405. The van der Waals surface area contributed by atoms with Gasteiger partial charge >= 0.3 is 11.7 Å². The number of nitro groups is 1. The van der Waals surface area contributed by atoms with Gasteiger partial charge in [0.25, 0.3) is 0 Å². The van der Waals surface area contributed by atoms with Gasteiger partial charge in [-0.25, -0.2) is 8.42 Å². The second-order valence-corrected chi connectivity index (χ2v) is 7.66. The minimum atomic E-state index is -4.45. The predicted octanol–water partition coefficient (Wildman–Crippen LogP) is 2.19. The number of carbonyl (C=O) groups is 1. The number of nitrogens with zero attached hydrogens (tertiary/aromatic N) is 1. The zero-order valence-electron chi connectivity index (χ0n) is 14.1. The molecule has 28 heavy (non-hydrogen) atoms. The van der Waals surface area contributed by atoms with Crippen molar-refractivity contribution < 1.29 is 27.6 Å². The smallest absolute Gasteiger partial charge is 0.322 e. The van der Waals surface area contributed by atoms with E-state index in [1.54, 1.807) is 30.5 Å². The van der Waals surface area contributed by atoms with E-state index in [9.17, 15) is 32.8 Å². The van der Waals surface area contributed by atoms with Crippen molar-refractivity contribution in [1.82, 2.24) is 9.71 Å². The van der Waals surface area contributed by atoms with Crippen LogP contribution in [0.15, 0.2) is 53.6 Å². The van der Waals surface area contributed by atoms with Gasteiger partial charge in [-0.2, -0.15) is 9.11 Å². The van der Waals surface area contributed by atoms with E-state index in [0.717, 1.165) is 17.0 Å². The van der Waals surface area contributed by atoms with E-state index >= 15 is 0 Å². The van der Waals surface area contributed by atoms with Gasteiger partial charge in [0.2, 0.25) is 15.8 Å². The number of nitro benzene ring substituents is 1. The number of carboxylic acids is 1. The second-order valence-electron chi connectivity index (χ2n) is 5.95. The Bertz CT molecular complexity index is 1170. The Morgan fingerprint density at radius 3 is 2.68 bits per heavy atom. The van der Waals surface area contributed by atoms with Gasteiger partial charge in [-0.3, -0.25) is 14.9 Å². The summed E-state index contributed by atoms with van der Waals surface area (Å²) in [5.41, 5.74) is 0.320. The molecule has 0 amide bonds. The summed E-state index contributed by atoms with van der Waals surface area (Å²) in [7, 11) is -4.45. The third kappa shape index (κ3) is 3.85. The Morgan fingerprint density at radius 2 is 2.00 bits per heavy atom. The summed E-state index contributed by atoms with van der Waals surface area (Å²) < 4.78 is 40.5. The first kappa shape index (κ1) is 19.5. The van der Waals surface area contributed by atoms with E-state index in [0.29, 0.717) is 17.7 Å². The average molecular weight is 407 g/mol. The number of sulfonamides is 1. The van der Waals surface area contributed by atoms with Crippen molar-refractivity contribution in [2.24, 2.45) is 0 Å². The monoisotopic (exact) mass is 407 g/mol. The Kier molecular flexibility index (Phi) is 5.12. The average Bonchev–Trinajstić information content (AvgIpc) is 3.04. The molecule has 0 fully saturated rings. The van der Waals surface area contributed by atoms with Crippen LogP contribution in [0.3, 0.4) is 0 Å². The van der Waals surface area contributed by atoms with E-state index in [1.165, 1.54) is 0 Å². The molecule has 146 valence electrons. The summed E-state index contributed by atoms with van der Waals surface area (Å²) in [6.45, 7) is 0. The molecule has 0 saturated carbocycles. The first-order valence-electron chi connectivity index (χ1n) is 7.93. The van der Waals surface area contributed by atoms with Crippen LogP contribution < -0.4 is 4.72 Å². The highest BCUT2D eigenvalue weighted by molar-refractivity contribution is 7.89. The SMILES string of the molecule is O=C(O)C(Cc1c[nH]c2ccccc12)NS(=O)(=O)c1ccc(F)c([N+](=O)[O-])c1. The van der Waals surface area contributed by atoms with Crippen molar-refractivity contribution >= 4 is 32.6 Å². The van der Waals surface area contributed by atoms with Gasteiger partial charge in [0.1, 0.15) is 6.04 Å². The van der Waals surface area contributed by atoms with E-state index in [1.807, 2.05) is 4.72 Å². The molecule has 9 nitrogen and oxygen atoms in total. The number of nitrogens with one attached hydrogen (secondary N) is 2. The molecule has 0 bridgehead atoms. The van der Waals surface area contributed by atoms with Crippen molar-refractivity contribution in [3.63, 3.8) is 0 Å². The normalized spacial score (nSPS) is 12.8. The van der Waals surface area contributed by atoms with Crippen LogP contribution in [0.1, 0.15) is 5.56 Å². The molecule has 0 radical (unpaired) electrons. The first-order valence-corrected chi connectivity index (χ1v) is 9.41. The highest BCUT2D eigenvalue weighted by Gasteiger charge is 2.28. The first-order chi connectivity index (χ1) is 13.2. The minimum absolute atomic E-state index is 0.165. The summed E-state index contributed by atoms with van der Waals surface area (Å²) in [6, 6.07) is 7.58. The van der Waals surface area contributed by atoms with Gasteiger partial charge in [-0.15, -0.1) is 0 Å². The van der Waals surface area contributed by atoms with Crippen molar-refractivity contribution in [2.75, 3.05) is 0 Å². The summed E-state index contributed by atoms with van der Waals surface area (Å²) >= 11 is 0. The number of benzene rings is 2. The van der Waals surface area contributed by atoms with Gasteiger partial charge in [0.05, 0.1) is 9.82 Å². The fourth-order valence-corrected chi connectivity index (χ4v) is 3.96. The number of aromatic nitrogens is 1. The fraction of sp³-hybridized carbons (Fsp3) is 0.118. The second kappa shape index (κ2) is 7.37. The maximum atomic E-state index is 13.4. The molecular formula is C17H14FN3O6S. The zero-order valence-corrected chi connectivity index (χ0v) is 14.9. The van der Waals surface area contributed by atoms with Crippen LogP contribution in [0.25, 0.3) is 10.9 Å². The predicted molar refractivity (Wildman–Crippen MR) is 96.8 cm³/mol. The third-order valence-electron chi connectivity index (χ3n) is 4.12. The zero-order chi connectivity index (χ0) is 20.5. The summed E-state index contributed by atoms with van der Waals surface area (Å²) in [5.74, 6) is -2.62. The van der Waals surface area contributed by atoms with Crippen LogP contribution in [0, 0.1) is 15.9 Å². The Hall–Kier alpha value is -3.31. The van der Waals surface area contributed by atoms with E-state index in [2.05, 4.69) is 4.98 Å². The summed E-state index contributed by atoms with van der Waals surface area (Å²) in [5, 5.41) is 21.0. The van der Waals surface area contributed by atoms with Crippen molar-refractivity contribution in [3.8, 4) is 0 Å². The number of H-pyrrole nitrogens is 1. The number of halogens is 1. The lowest BCUT2D eigenvalue weighted by molar-refractivity contribution is -0.387. The molecule has 2 aromatic carbocycles. The van der Waals surface area contributed by atoms with Crippen LogP contribution in [0.2, 0.25) is 0 Å². The molecule has 11 heteroatoms. The van der Waals surface area contributed by atoms with Crippen LogP contribution in [-0.2, 0) is 21.2 Å². The molecule has 3 rings (SSSR count). The molecule has 1 atom stereocenters. The lowest BCUT2D eigenvalue weighted by Gasteiger charge is -2.14. The molecule has 1 heterocycles. The summed E-state index contributed by atoms with van der Waals surface area (Å²) in [6.07, 6.45) is 1.42. The third-order valence-corrected chi connectivity index (χ3v) is 5.59. The highest BCUT2D eigenvalue weighted by Crippen LogP contribution is 2.23. The van der Waals surface area contributed by atoms with E-state index in [-0.39, 0.29) is 6.42 Å². The van der Waals surface area contributed by atoms with Gasteiger partial charge in [0, 0.05) is 29.6 Å². The number of aliphatic carboxylic acids is 1. The number of hydrogen-bond donors (Lipinski definition) is 3. The van der Waals surface area contributed by atoms with Crippen LogP contribution in [0.4, 0.5) is 10.1 Å². The van der Waals surface area contributed by atoms with E-state index in [4.69, 9.17) is 0 Å². The van der Waals surface area contributed by atoms with Crippen LogP contribution >= 0.6 is 0 Å². The van der Waals surface area contributed by atoms with Gasteiger partial charge in [-0.05, 0) is 23.8 Å². The number of hydrogen-bond acceptors (Lipinski definition) is 5. The number of para-hydroxylation sites is 1. The van der Waals surface area contributed by atoms with Gasteiger partial charge < -0.3 is 10.1 Å². The topological polar surface area (TPSA) is 142 Å². The number of carboxylic acid groups (broad SMARTS) is 1. The molecule has 0 aliphatic rings. The minimum Gasteiger partial charge on any atom is -0.480 e. The lowest BCUT2D eigenvalue weighted by Crippen LogP contribution is -2.42. The standard InChI is InChI=1S/C17H14FN3O6S/c18-13-6-5-11(8-16(13)21(24)25)28(26,27)20-15(17(22)23)7-10-9-19-14-4-2-1-3-12(10)14/h1-6,8-9,15,19-20H,7H2,(H,22,23). The van der Waals surface area contributed by atoms with Crippen molar-refractivity contribution in [1.29, 1.82) is 0 Å². The fourth-order valence-electron chi connectivity index (χ4n) is 2.75. The van der Waals surface area contributed by atoms with E-state index < -0.39 is 43.4 Å². The lowest BCUT2D eigenvalue weighted by atomic mass is 10.1. The molecule has 3 N–H and O–H groups in total. The molecule has 3 aromatic rings. The molecular weight excluding hydrogens is 393 g/mol. The number of rotatable bonds is 7. The maximum Gasteiger partial charge on any atom is 0.322 e. The van der Waals surface area contributed by atoms with Gasteiger partial charge in [-0.1, -0.05) is 18.2 Å². The number of fused-ring (bicyclic) bond motifs is 1. The van der Waals surface area contributed by atoms with Crippen LogP contribution in [0.5, 0.6) is 0 Å². The molecule has 0 aliphatic carbocycles. The molecule has 1 unspecified atom stereocenters. The Balaban J connectivity index is 1.91. The molecule has 0 aliphatic heterocycles. The molecule has 0 saturated heterocycles. The molecule has 1 aromatic heterocycles. The van der Waals surface area contributed by atoms with Crippen molar-refractivity contribution in [2.45, 2.75) is 17.4 Å². The summed E-state index contributed by atoms with van der Waals surface area (Å²) in [4.78, 5) is 23.7. The highest BCUT2D eigenvalue weighted by atomic mass is 32.2. The largest absolute Gasteiger partial charge is 0.480 e. The molecule has 0 spiro atoms. The number of aromatic amines is 1. The Morgan fingerprint density at radius 1 is 1.29 bits per heavy atom. The van der Waals surface area contributed by atoms with Crippen LogP contribution in [-0.4, -0.2) is 35.4 Å². The maximum absolute atomic E-state index is 13.4. The van der Waals surface area contributed by atoms with Crippen molar-refractivity contribution in [3.05, 3.63) is 70.2 Å². The van der Waals surface area contributed by atoms with Gasteiger partial charge in [0.15, 0.2) is 0 Å². The Labute approximate surface area is 158 Å².